The van der Waals surface area contributed by atoms with Crippen LogP contribution in [0.5, 0.6) is 17.2 Å². The van der Waals surface area contributed by atoms with Crippen LogP contribution in [0.2, 0.25) is 0 Å². The molecule has 1 amide bonds. The summed E-state index contributed by atoms with van der Waals surface area (Å²) in [6, 6.07) is 33.6. The van der Waals surface area contributed by atoms with E-state index in [2.05, 4.69) is 5.32 Å². The highest BCUT2D eigenvalue weighted by atomic mass is 31.2. The molecule has 0 aliphatic rings. The smallest absolute Gasteiger partial charge is 0.457 e. The maximum Gasteiger partial charge on any atom is 0.457 e. The van der Waals surface area contributed by atoms with Gasteiger partial charge >= 0.3 is 13.7 Å². The summed E-state index contributed by atoms with van der Waals surface area (Å²) in [6.45, 7) is 5.89. The highest BCUT2D eigenvalue weighted by molar-refractivity contribution is 7.55. The Bertz CT molecular complexity index is 1330. The van der Waals surface area contributed by atoms with E-state index in [1.54, 1.807) is 72.8 Å². The van der Waals surface area contributed by atoms with Crippen molar-refractivity contribution in [3.63, 3.8) is 0 Å². The van der Waals surface area contributed by atoms with Gasteiger partial charge in [-0.05, 0) is 68.3 Å². The van der Waals surface area contributed by atoms with Gasteiger partial charge < -0.3 is 23.8 Å². The van der Waals surface area contributed by atoms with Gasteiger partial charge in [0.1, 0.15) is 29.5 Å². The fraction of sp³-hybridized carbons (Fsp3) is 0.194. The molecule has 0 fully saturated rings. The molecule has 1 unspecified atom stereocenters. The van der Waals surface area contributed by atoms with Gasteiger partial charge in [0.2, 0.25) is 0 Å². The minimum Gasteiger partial charge on any atom is -0.488 e. The summed E-state index contributed by atoms with van der Waals surface area (Å²) >= 11 is 0. The monoisotopic (exact) mass is 545 g/mol. The van der Waals surface area contributed by atoms with Crippen molar-refractivity contribution in [3.8, 4) is 17.2 Å². The number of hydrogen-bond acceptors (Lipinski definition) is 6. The SMILES string of the molecule is CC(C)(C)Oc1ccc(C(NC(=O)OCc2ccccc2)P(=O)(Oc2ccccc2)Oc2ccccc2)cc1. The number of benzene rings is 4. The van der Waals surface area contributed by atoms with Crippen LogP contribution in [-0.4, -0.2) is 11.7 Å². The Hall–Kier alpha value is -4.22. The molecule has 39 heavy (non-hydrogen) atoms. The average Bonchev–Trinajstić information content (AvgIpc) is 2.92. The van der Waals surface area contributed by atoms with Gasteiger partial charge in [-0.3, -0.25) is 0 Å². The number of ether oxygens (including phenoxy) is 2. The minimum absolute atomic E-state index is 0.0428. The van der Waals surface area contributed by atoms with E-state index in [9.17, 15) is 9.36 Å². The first-order chi connectivity index (χ1) is 18.7. The number of hydrogen-bond donors (Lipinski definition) is 1. The maximum absolute atomic E-state index is 14.6. The van der Waals surface area contributed by atoms with E-state index in [0.29, 0.717) is 22.8 Å². The highest BCUT2D eigenvalue weighted by Gasteiger charge is 2.42. The molecule has 4 rings (SSSR count). The molecule has 0 aliphatic carbocycles. The maximum atomic E-state index is 14.6. The lowest BCUT2D eigenvalue weighted by Crippen LogP contribution is -2.31. The van der Waals surface area contributed by atoms with Crippen LogP contribution in [0.3, 0.4) is 0 Å². The fourth-order valence-electron chi connectivity index (χ4n) is 3.67. The van der Waals surface area contributed by atoms with E-state index >= 15 is 0 Å². The third-order valence-electron chi connectivity index (χ3n) is 5.36. The fourth-order valence-corrected chi connectivity index (χ4v) is 5.55. The lowest BCUT2D eigenvalue weighted by Gasteiger charge is -2.28. The first kappa shape index (κ1) is 27.8. The second-order valence-electron chi connectivity index (χ2n) is 9.74. The lowest BCUT2D eigenvalue weighted by atomic mass is 10.1. The summed E-state index contributed by atoms with van der Waals surface area (Å²) in [5, 5.41) is 2.74. The van der Waals surface area contributed by atoms with Gasteiger partial charge in [-0.1, -0.05) is 78.9 Å². The van der Waals surface area contributed by atoms with Crippen LogP contribution in [-0.2, 0) is 15.9 Å². The molecule has 0 bridgehead atoms. The standard InChI is InChI=1S/C31H32NO6P/c1-31(2,3)36-26-21-19-25(20-22-26)29(32-30(33)35-23-24-13-7-4-8-14-24)39(34,37-27-15-9-5-10-16-27)38-28-17-11-6-12-18-28/h4-22,29H,23H2,1-3H3,(H,32,33). The number of amides is 1. The van der Waals surface area contributed by atoms with Crippen molar-refractivity contribution in [3.05, 3.63) is 126 Å². The van der Waals surface area contributed by atoms with Crippen LogP contribution < -0.4 is 19.1 Å². The molecular formula is C31H32NO6P. The second kappa shape index (κ2) is 12.5. The van der Waals surface area contributed by atoms with Crippen molar-refractivity contribution in [2.75, 3.05) is 0 Å². The quantitative estimate of drug-likeness (QED) is 0.203. The van der Waals surface area contributed by atoms with E-state index < -0.39 is 25.1 Å². The molecule has 0 aliphatic heterocycles. The topological polar surface area (TPSA) is 83.1 Å². The average molecular weight is 546 g/mol. The van der Waals surface area contributed by atoms with Gasteiger partial charge in [0.15, 0.2) is 5.78 Å². The van der Waals surface area contributed by atoms with E-state index in [-0.39, 0.29) is 6.61 Å². The van der Waals surface area contributed by atoms with Crippen LogP contribution >= 0.6 is 7.60 Å². The number of nitrogens with one attached hydrogen (secondary N) is 1. The molecule has 0 saturated carbocycles. The van der Waals surface area contributed by atoms with Gasteiger partial charge in [0.25, 0.3) is 0 Å². The van der Waals surface area contributed by atoms with Gasteiger partial charge in [0.05, 0.1) is 0 Å². The second-order valence-corrected chi connectivity index (χ2v) is 11.7. The van der Waals surface area contributed by atoms with Gasteiger partial charge in [-0.25, -0.2) is 9.36 Å². The Morgan fingerprint density at radius 2 is 1.21 bits per heavy atom. The van der Waals surface area contributed by atoms with Crippen LogP contribution in [0.15, 0.2) is 115 Å². The summed E-state index contributed by atoms with van der Waals surface area (Å²) < 4.78 is 38.1. The Labute approximate surface area is 229 Å². The number of para-hydroxylation sites is 2. The van der Waals surface area contributed by atoms with Gasteiger partial charge in [-0.15, -0.1) is 0 Å². The van der Waals surface area contributed by atoms with E-state index in [0.717, 1.165) is 5.56 Å². The van der Waals surface area contributed by atoms with E-state index in [1.807, 2.05) is 63.2 Å². The molecule has 1 N–H and O–H groups in total. The predicted molar refractivity (Wildman–Crippen MR) is 151 cm³/mol. The largest absolute Gasteiger partial charge is 0.488 e. The summed E-state index contributed by atoms with van der Waals surface area (Å²) in [5.74, 6) is 0.0760. The minimum atomic E-state index is -4.15. The van der Waals surface area contributed by atoms with Crippen molar-refractivity contribution >= 4 is 13.7 Å². The van der Waals surface area contributed by atoms with Crippen molar-refractivity contribution in [2.45, 2.75) is 38.8 Å². The number of alkyl carbamates (subject to hydrolysis) is 1. The van der Waals surface area contributed by atoms with Crippen molar-refractivity contribution in [1.29, 1.82) is 0 Å². The van der Waals surface area contributed by atoms with Gasteiger partial charge in [-0.2, -0.15) is 0 Å². The molecule has 4 aromatic carbocycles. The van der Waals surface area contributed by atoms with Crippen LogP contribution in [0, 0.1) is 0 Å². The van der Waals surface area contributed by atoms with Crippen molar-refractivity contribution in [2.24, 2.45) is 0 Å². The molecular weight excluding hydrogens is 513 g/mol. The third-order valence-corrected chi connectivity index (χ3v) is 7.35. The van der Waals surface area contributed by atoms with Crippen molar-refractivity contribution in [1.82, 2.24) is 5.32 Å². The molecule has 7 nitrogen and oxygen atoms in total. The number of rotatable bonds is 10. The summed E-state index contributed by atoms with van der Waals surface area (Å²) in [7, 11) is -4.15. The molecule has 0 aromatic heterocycles. The Balaban J connectivity index is 1.68. The zero-order chi connectivity index (χ0) is 27.7. The third kappa shape index (κ3) is 8.39. The molecule has 4 aromatic rings. The molecule has 8 heteroatoms. The predicted octanol–water partition coefficient (Wildman–Crippen LogP) is 8.14. The normalized spacial score (nSPS) is 12.2. The van der Waals surface area contributed by atoms with Crippen LogP contribution in [0.25, 0.3) is 0 Å². The Morgan fingerprint density at radius 1 is 0.718 bits per heavy atom. The highest BCUT2D eigenvalue weighted by Crippen LogP contribution is 2.59. The number of carbonyl (C=O) groups is 1. The number of carbonyl (C=O) groups excluding carboxylic acids is 1. The molecule has 0 heterocycles. The first-order valence-electron chi connectivity index (χ1n) is 12.6. The van der Waals surface area contributed by atoms with Crippen molar-refractivity contribution < 1.29 is 27.9 Å². The molecule has 0 spiro atoms. The van der Waals surface area contributed by atoms with E-state index in [4.69, 9.17) is 18.5 Å². The lowest BCUT2D eigenvalue weighted by molar-refractivity contribution is 0.131. The molecule has 0 saturated heterocycles. The first-order valence-corrected chi connectivity index (χ1v) is 14.2. The zero-order valence-corrected chi connectivity index (χ0v) is 23.0. The zero-order valence-electron chi connectivity index (χ0n) is 22.2. The van der Waals surface area contributed by atoms with E-state index in [1.165, 1.54) is 0 Å². The molecule has 0 radical (unpaired) electrons. The Morgan fingerprint density at radius 3 is 1.69 bits per heavy atom. The van der Waals surface area contributed by atoms with Crippen LogP contribution in [0.1, 0.15) is 37.7 Å². The summed E-state index contributed by atoms with van der Waals surface area (Å²) in [5.41, 5.74) is 0.906. The molecule has 202 valence electrons. The Kier molecular flexibility index (Phi) is 8.95. The van der Waals surface area contributed by atoms with Gasteiger partial charge in [0, 0.05) is 0 Å². The summed E-state index contributed by atoms with van der Waals surface area (Å²) in [4.78, 5) is 13.0. The van der Waals surface area contributed by atoms with Crippen LogP contribution in [0.4, 0.5) is 4.79 Å². The molecule has 1 atom stereocenters. The summed E-state index contributed by atoms with van der Waals surface area (Å²) in [6.07, 6.45) is -0.771.